The average molecular weight is 263 g/mol. The Morgan fingerprint density at radius 1 is 1.32 bits per heavy atom. The smallest absolute Gasteiger partial charge is 0.133 e. The second kappa shape index (κ2) is 5.86. The third-order valence-corrected chi connectivity index (χ3v) is 3.03. The van der Waals surface area contributed by atoms with E-state index >= 15 is 0 Å². The Morgan fingerprint density at radius 2 is 2.11 bits per heavy atom. The number of nitrogens with one attached hydrogen (secondary N) is 1. The van der Waals surface area contributed by atoms with Crippen LogP contribution in [-0.2, 0) is 6.42 Å². The van der Waals surface area contributed by atoms with Crippen LogP contribution in [0.3, 0.4) is 0 Å². The number of benzene rings is 1. The number of hydrogen-bond donors (Lipinski definition) is 2. The maximum Gasteiger partial charge on any atom is 0.133 e. The molecule has 2 rings (SSSR count). The fourth-order valence-corrected chi connectivity index (χ4v) is 2.00. The number of nitrogens with two attached hydrogens (primary N) is 1. The Labute approximate surface area is 110 Å². The number of aryl methyl sites for hydroxylation is 1. The molecule has 0 bridgehead atoms. The van der Waals surface area contributed by atoms with Crippen LogP contribution < -0.4 is 11.3 Å². The number of aromatic nitrogens is 1. The molecule has 0 aliphatic heterocycles. The van der Waals surface area contributed by atoms with Gasteiger partial charge in [-0.05, 0) is 36.6 Å². The quantitative estimate of drug-likeness (QED) is 0.658. The van der Waals surface area contributed by atoms with E-state index in [0.29, 0.717) is 12.0 Å². The molecule has 0 spiro atoms. The van der Waals surface area contributed by atoms with Gasteiger partial charge in [0.15, 0.2) is 0 Å². The zero-order valence-corrected chi connectivity index (χ0v) is 10.5. The van der Waals surface area contributed by atoms with E-state index < -0.39 is 17.7 Å². The molecule has 1 unspecified atom stereocenters. The summed E-state index contributed by atoms with van der Waals surface area (Å²) in [7, 11) is 0. The van der Waals surface area contributed by atoms with Crippen molar-refractivity contribution in [3.05, 3.63) is 65.0 Å². The summed E-state index contributed by atoms with van der Waals surface area (Å²) >= 11 is 0. The molecule has 3 nitrogen and oxygen atoms in total. The van der Waals surface area contributed by atoms with Crippen LogP contribution in [0.25, 0.3) is 0 Å². The molecule has 0 saturated carbocycles. The molecule has 0 amide bonds. The molecular weight excluding hydrogens is 248 g/mol. The number of nitrogens with zero attached hydrogens (tertiary/aromatic N) is 1. The van der Waals surface area contributed by atoms with Crippen LogP contribution in [0, 0.1) is 18.6 Å². The first-order chi connectivity index (χ1) is 9.13. The van der Waals surface area contributed by atoms with Gasteiger partial charge in [0.05, 0.1) is 6.04 Å². The molecule has 0 fully saturated rings. The van der Waals surface area contributed by atoms with Crippen LogP contribution in [0.1, 0.15) is 22.7 Å². The van der Waals surface area contributed by atoms with Gasteiger partial charge in [0, 0.05) is 18.0 Å². The maximum atomic E-state index is 14.1. The topological polar surface area (TPSA) is 50.9 Å². The summed E-state index contributed by atoms with van der Waals surface area (Å²) < 4.78 is 27.9. The Hall–Kier alpha value is -1.85. The summed E-state index contributed by atoms with van der Waals surface area (Å²) in [5.74, 6) is 4.27. The van der Waals surface area contributed by atoms with Crippen molar-refractivity contribution in [2.45, 2.75) is 19.4 Å². The molecule has 1 atom stereocenters. The SMILES string of the molecule is Cc1ccc(F)c(C(Cc2cccnc2)NN)c1F. The fourth-order valence-electron chi connectivity index (χ4n) is 2.00. The molecule has 19 heavy (non-hydrogen) atoms. The van der Waals surface area contributed by atoms with Crippen molar-refractivity contribution in [3.63, 3.8) is 0 Å². The minimum absolute atomic E-state index is 0.0358. The first kappa shape index (κ1) is 13.6. The molecule has 0 radical (unpaired) electrons. The van der Waals surface area contributed by atoms with Crippen molar-refractivity contribution < 1.29 is 8.78 Å². The second-order valence-corrected chi connectivity index (χ2v) is 4.38. The van der Waals surface area contributed by atoms with Crippen molar-refractivity contribution in [2.75, 3.05) is 0 Å². The van der Waals surface area contributed by atoms with Gasteiger partial charge < -0.3 is 0 Å². The second-order valence-electron chi connectivity index (χ2n) is 4.38. The van der Waals surface area contributed by atoms with E-state index in [4.69, 9.17) is 5.84 Å². The summed E-state index contributed by atoms with van der Waals surface area (Å²) in [6, 6.07) is 5.63. The number of halogens is 2. The first-order valence-electron chi connectivity index (χ1n) is 5.93. The molecule has 0 aliphatic rings. The molecule has 1 aromatic heterocycles. The van der Waals surface area contributed by atoms with Crippen molar-refractivity contribution >= 4 is 0 Å². The third kappa shape index (κ3) is 2.94. The van der Waals surface area contributed by atoms with Crippen molar-refractivity contribution in [3.8, 4) is 0 Å². The molecule has 1 aromatic carbocycles. The minimum atomic E-state index is -0.635. The first-order valence-corrected chi connectivity index (χ1v) is 5.93. The normalized spacial score (nSPS) is 12.4. The number of hydrazine groups is 1. The van der Waals surface area contributed by atoms with E-state index in [1.165, 1.54) is 12.1 Å². The van der Waals surface area contributed by atoms with Crippen molar-refractivity contribution in [2.24, 2.45) is 5.84 Å². The lowest BCUT2D eigenvalue weighted by molar-refractivity contribution is 0.470. The van der Waals surface area contributed by atoms with Gasteiger partial charge in [0.1, 0.15) is 11.6 Å². The highest BCUT2D eigenvalue weighted by atomic mass is 19.1. The zero-order valence-electron chi connectivity index (χ0n) is 10.5. The highest BCUT2D eigenvalue weighted by molar-refractivity contribution is 5.30. The van der Waals surface area contributed by atoms with E-state index in [1.54, 1.807) is 25.4 Å². The lowest BCUT2D eigenvalue weighted by Crippen LogP contribution is -2.31. The maximum absolute atomic E-state index is 14.1. The standard InChI is InChI=1S/C14H15F2N3/c1-9-4-5-11(15)13(14(9)16)12(19-17)7-10-3-2-6-18-8-10/h2-6,8,12,19H,7,17H2,1H3. The predicted octanol–water partition coefficient (Wildman–Crippen LogP) is 2.42. The number of hydrogen-bond acceptors (Lipinski definition) is 3. The van der Waals surface area contributed by atoms with Crippen LogP contribution in [-0.4, -0.2) is 4.98 Å². The predicted molar refractivity (Wildman–Crippen MR) is 69.1 cm³/mol. The van der Waals surface area contributed by atoms with E-state index in [-0.39, 0.29) is 5.56 Å². The monoisotopic (exact) mass is 263 g/mol. The van der Waals surface area contributed by atoms with Crippen LogP contribution in [0.5, 0.6) is 0 Å². The van der Waals surface area contributed by atoms with Crippen LogP contribution in [0.4, 0.5) is 8.78 Å². The average Bonchev–Trinajstić information content (AvgIpc) is 2.43. The molecule has 100 valence electrons. The molecule has 5 heteroatoms. The van der Waals surface area contributed by atoms with E-state index in [0.717, 1.165) is 5.56 Å². The summed E-state index contributed by atoms with van der Waals surface area (Å²) in [6.07, 6.45) is 3.65. The molecule has 2 aromatic rings. The lowest BCUT2D eigenvalue weighted by Gasteiger charge is -2.18. The van der Waals surface area contributed by atoms with E-state index in [9.17, 15) is 8.78 Å². The van der Waals surface area contributed by atoms with Crippen LogP contribution in [0.2, 0.25) is 0 Å². The molecule has 0 aliphatic carbocycles. The molecular formula is C14H15F2N3. The van der Waals surface area contributed by atoms with Gasteiger partial charge in [-0.3, -0.25) is 16.3 Å². The third-order valence-electron chi connectivity index (χ3n) is 3.03. The molecule has 1 heterocycles. The van der Waals surface area contributed by atoms with Gasteiger partial charge in [-0.1, -0.05) is 12.1 Å². The Balaban J connectivity index is 2.35. The van der Waals surface area contributed by atoms with Crippen LogP contribution in [0.15, 0.2) is 36.7 Å². The number of rotatable bonds is 4. The van der Waals surface area contributed by atoms with E-state index in [1.807, 2.05) is 6.07 Å². The summed E-state index contributed by atoms with van der Waals surface area (Å²) in [6.45, 7) is 1.59. The van der Waals surface area contributed by atoms with Crippen LogP contribution >= 0.6 is 0 Å². The highest BCUT2D eigenvalue weighted by Gasteiger charge is 2.21. The summed E-state index contributed by atoms with van der Waals surface area (Å²) in [5, 5.41) is 0. The molecule has 3 N–H and O–H groups in total. The zero-order chi connectivity index (χ0) is 13.8. The van der Waals surface area contributed by atoms with Gasteiger partial charge in [-0.25, -0.2) is 8.78 Å². The van der Waals surface area contributed by atoms with Gasteiger partial charge in [0.25, 0.3) is 0 Å². The lowest BCUT2D eigenvalue weighted by atomic mass is 9.97. The highest BCUT2D eigenvalue weighted by Crippen LogP contribution is 2.25. The van der Waals surface area contributed by atoms with Gasteiger partial charge in [-0.15, -0.1) is 0 Å². The van der Waals surface area contributed by atoms with Crippen molar-refractivity contribution in [1.82, 2.24) is 10.4 Å². The Kier molecular flexibility index (Phi) is 4.19. The Bertz CT molecular complexity index is 558. The largest absolute Gasteiger partial charge is 0.271 e. The fraction of sp³-hybridized carbons (Fsp3) is 0.214. The van der Waals surface area contributed by atoms with Gasteiger partial charge in [0.2, 0.25) is 0 Å². The molecule has 0 saturated heterocycles. The van der Waals surface area contributed by atoms with Crippen molar-refractivity contribution in [1.29, 1.82) is 0 Å². The van der Waals surface area contributed by atoms with Gasteiger partial charge >= 0.3 is 0 Å². The Morgan fingerprint density at radius 3 is 2.74 bits per heavy atom. The summed E-state index contributed by atoms with van der Waals surface area (Å²) in [5.41, 5.74) is 3.68. The van der Waals surface area contributed by atoms with E-state index in [2.05, 4.69) is 10.4 Å². The number of pyridine rings is 1. The summed E-state index contributed by atoms with van der Waals surface area (Å²) in [4.78, 5) is 3.97. The van der Waals surface area contributed by atoms with Gasteiger partial charge in [-0.2, -0.15) is 0 Å². The minimum Gasteiger partial charge on any atom is -0.271 e.